The minimum Gasteiger partial charge on any atom is -0.353 e. The lowest BCUT2D eigenvalue weighted by Gasteiger charge is -2.26. The zero-order chi connectivity index (χ0) is 9.64. The molecule has 0 fully saturated rings. The molecular weight excluding hydrogens is 182 g/mol. The van der Waals surface area contributed by atoms with Crippen molar-refractivity contribution in [1.82, 2.24) is 0 Å². The molecule has 0 spiro atoms. The molecule has 1 heterocycles. The predicted molar refractivity (Wildman–Crippen MR) is 56.6 cm³/mol. The van der Waals surface area contributed by atoms with Gasteiger partial charge in [-0.25, -0.2) is 0 Å². The summed E-state index contributed by atoms with van der Waals surface area (Å²) in [6.45, 7) is 1.82. The van der Waals surface area contributed by atoms with E-state index >= 15 is 0 Å². The third kappa shape index (κ3) is 1.000. The molecule has 1 aromatic carbocycles. The van der Waals surface area contributed by atoms with Crippen LogP contribution in [0, 0.1) is 0 Å². The van der Waals surface area contributed by atoms with E-state index in [4.69, 9.17) is 0 Å². The van der Waals surface area contributed by atoms with Crippen LogP contribution in [-0.4, -0.2) is 17.7 Å². The molecule has 68 valence electrons. The van der Waals surface area contributed by atoms with Crippen molar-refractivity contribution in [2.24, 2.45) is 0 Å². The zero-order valence-corrected chi connectivity index (χ0v) is 8.51. The molecule has 1 unspecified atom stereocenters. The van der Waals surface area contributed by atoms with Crippen LogP contribution < -0.4 is 4.90 Å². The summed E-state index contributed by atoms with van der Waals surface area (Å²) in [5.74, 6) is 0.0777. The Hall–Kier alpha value is -0.960. The molecule has 1 aliphatic rings. The molecular formula is C10H11NOS. The van der Waals surface area contributed by atoms with Gasteiger partial charge in [0.25, 0.3) is 0 Å². The largest absolute Gasteiger partial charge is 0.353 e. The van der Waals surface area contributed by atoms with Crippen LogP contribution in [0.2, 0.25) is 0 Å². The van der Waals surface area contributed by atoms with Gasteiger partial charge in [0, 0.05) is 18.3 Å². The van der Waals surface area contributed by atoms with Crippen molar-refractivity contribution in [2.75, 3.05) is 11.9 Å². The predicted octanol–water partition coefficient (Wildman–Crippen LogP) is 1.97. The fourth-order valence-electron chi connectivity index (χ4n) is 1.60. The highest BCUT2D eigenvalue weighted by Crippen LogP contribution is 2.39. The molecule has 1 aliphatic heterocycles. The lowest BCUT2D eigenvalue weighted by molar-refractivity contribution is 0.0965. The van der Waals surface area contributed by atoms with Gasteiger partial charge in [0.15, 0.2) is 5.78 Å². The summed E-state index contributed by atoms with van der Waals surface area (Å²) in [4.78, 5) is 13.0. The Balaban J connectivity index is 2.64. The monoisotopic (exact) mass is 193 g/mol. The van der Waals surface area contributed by atoms with E-state index < -0.39 is 4.87 Å². The first-order valence-corrected chi connectivity index (χ1v) is 4.60. The Kier molecular flexibility index (Phi) is 1.67. The van der Waals surface area contributed by atoms with Crippen molar-refractivity contribution in [3.05, 3.63) is 29.8 Å². The molecule has 0 aromatic heterocycles. The summed E-state index contributed by atoms with van der Waals surface area (Å²) < 4.78 is 0. The molecule has 0 aliphatic carbocycles. The first-order chi connectivity index (χ1) is 6.05. The number of thiol groups is 1. The minimum atomic E-state index is -0.691. The van der Waals surface area contributed by atoms with Gasteiger partial charge in [0.05, 0.1) is 0 Å². The second-order valence-electron chi connectivity index (χ2n) is 3.43. The summed E-state index contributed by atoms with van der Waals surface area (Å²) in [5, 5.41) is 0. The van der Waals surface area contributed by atoms with Crippen LogP contribution in [0.5, 0.6) is 0 Å². The number of likely N-dealkylation sites (N-methyl/N-ethyl adjacent to an activating group) is 1. The van der Waals surface area contributed by atoms with E-state index in [9.17, 15) is 4.79 Å². The number of anilines is 1. The van der Waals surface area contributed by atoms with E-state index in [1.54, 1.807) is 0 Å². The van der Waals surface area contributed by atoms with Gasteiger partial charge in [-0.1, -0.05) is 12.1 Å². The first kappa shape index (κ1) is 8.63. The lowest BCUT2D eigenvalue weighted by Crippen LogP contribution is -2.39. The van der Waals surface area contributed by atoms with Crippen LogP contribution in [-0.2, 0) is 0 Å². The topological polar surface area (TPSA) is 20.3 Å². The first-order valence-electron chi connectivity index (χ1n) is 4.15. The second kappa shape index (κ2) is 2.51. The van der Waals surface area contributed by atoms with Crippen LogP contribution in [0.3, 0.4) is 0 Å². The smallest absolute Gasteiger partial charge is 0.200 e. The van der Waals surface area contributed by atoms with Gasteiger partial charge in [-0.2, -0.15) is 0 Å². The van der Waals surface area contributed by atoms with Gasteiger partial charge < -0.3 is 4.90 Å². The molecule has 2 rings (SSSR count). The number of carbonyl (C=O) groups excluding carboxylic acids is 1. The number of rotatable bonds is 0. The quantitative estimate of drug-likeness (QED) is 0.636. The van der Waals surface area contributed by atoms with Gasteiger partial charge in [-0.15, -0.1) is 12.6 Å². The second-order valence-corrected chi connectivity index (χ2v) is 4.30. The highest BCUT2D eigenvalue weighted by atomic mass is 32.1. The summed E-state index contributed by atoms with van der Waals surface area (Å²) in [5.41, 5.74) is 1.73. The molecule has 0 radical (unpaired) electrons. The van der Waals surface area contributed by atoms with Crippen molar-refractivity contribution in [3.63, 3.8) is 0 Å². The Morgan fingerprint density at radius 1 is 1.38 bits per heavy atom. The number of benzene rings is 1. The minimum absolute atomic E-state index is 0.0777. The van der Waals surface area contributed by atoms with Crippen LogP contribution >= 0.6 is 12.6 Å². The number of hydrogen-bond acceptors (Lipinski definition) is 3. The van der Waals surface area contributed by atoms with Crippen molar-refractivity contribution in [3.8, 4) is 0 Å². The third-order valence-electron chi connectivity index (χ3n) is 2.59. The standard InChI is InChI=1S/C10H11NOS/c1-10(13)9(12)7-5-3-4-6-8(7)11(10)2/h3-6,13H,1-2H3. The highest BCUT2D eigenvalue weighted by molar-refractivity contribution is 7.83. The molecule has 1 aromatic rings. The Labute approximate surface area is 83.0 Å². The van der Waals surface area contributed by atoms with E-state index in [1.165, 1.54) is 0 Å². The third-order valence-corrected chi connectivity index (χ3v) is 3.10. The fraction of sp³-hybridized carbons (Fsp3) is 0.300. The maximum Gasteiger partial charge on any atom is 0.200 e. The molecule has 0 saturated heterocycles. The van der Waals surface area contributed by atoms with Crippen molar-refractivity contribution in [1.29, 1.82) is 0 Å². The molecule has 0 saturated carbocycles. The van der Waals surface area contributed by atoms with Gasteiger partial charge in [-0.3, -0.25) is 4.79 Å². The SMILES string of the molecule is CN1c2ccccc2C(=O)C1(C)S. The van der Waals surface area contributed by atoms with Crippen molar-refractivity contribution < 1.29 is 4.79 Å². The number of ketones is 1. The molecule has 0 bridgehead atoms. The van der Waals surface area contributed by atoms with E-state index in [2.05, 4.69) is 12.6 Å². The number of nitrogens with zero attached hydrogens (tertiary/aromatic N) is 1. The summed E-state index contributed by atoms with van der Waals surface area (Å²) in [6.07, 6.45) is 0. The van der Waals surface area contributed by atoms with Gasteiger partial charge in [-0.05, 0) is 19.1 Å². The summed E-state index contributed by atoms with van der Waals surface area (Å²) in [6, 6.07) is 7.59. The average molecular weight is 193 g/mol. The van der Waals surface area contributed by atoms with Crippen LogP contribution in [0.4, 0.5) is 5.69 Å². The molecule has 13 heavy (non-hydrogen) atoms. The molecule has 3 heteroatoms. The van der Waals surface area contributed by atoms with E-state index in [0.717, 1.165) is 11.3 Å². The number of carbonyl (C=O) groups is 1. The summed E-state index contributed by atoms with van der Waals surface area (Å²) >= 11 is 4.36. The molecule has 0 amide bonds. The molecule has 2 nitrogen and oxygen atoms in total. The van der Waals surface area contributed by atoms with Crippen molar-refractivity contribution in [2.45, 2.75) is 11.8 Å². The maximum absolute atomic E-state index is 11.8. The van der Waals surface area contributed by atoms with Crippen LogP contribution in [0.25, 0.3) is 0 Å². The Morgan fingerprint density at radius 2 is 2.00 bits per heavy atom. The van der Waals surface area contributed by atoms with Crippen molar-refractivity contribution >= 4 is 24.1 Å². The van der Waals surface area contributed by atoms with Crippen LogP contribution in [0.1, 0.15) is 17.3 Å². The van der Waals surface area contributed by atoms with Gasteiger partial charge in [0.2, 0.25) is 0 Å². The number of para-hydroxylation sites is 1. The summed E-state index contributed by atoms with van der Waals surface area (Å²) in [7, 11) is 1.89. The van der Waals surface area contributed by atoms with Gasteiger partial charge in [0.1, 0.15) is 4.87 Å². The normalized spacial score (nSPS) is 26.4. The molecule has 1 atom stereocenters. The average Bonchev–Trinajstić information content (AvgIpc) is 2.30. The fourth-order valence-corrected chi connectivity index (χ4v) is 1.83. The number of hydrogen-bond donors (Lipinski definition) is 1. The van der Waals surface area contributed by atoms with Crippen LogP contribution in [0.15, 0.2) is 24.3 Å². The number of Topliss-reactive ketones (excluding diaryl/α,β-unsaturated/α-hetero) is 1. The van der Waals surface area contributed by atoms with E-state index in [0.29, 0.717) is 0 Å². The number of fused-ring (bicyclic) bond motifs is 1. The maximum atomic E-state index is 11.8. The van der Waals surface area contributed by atoms with E-state index in [-0.39, 0.29) is 5.78 Å². The molecule has 0 N–H and O–H groups in total. The zero-order valence-electron chi connectivity index (χ0n) is 7.61. The lowest BCUT2D eigenvalue weighted by atomic mass is 10.1. The van der Waals surface area contributed by atoms with E-state index in [1.807, 2.05) is 43.1 Å². The van der Waals surface area contributed by atoms with Gasteiger partial charge >= 0.3 is 0 Å². The Bertz CT molecular complexity index is 373. The highest BCUT2D eigenvalue weighted by Gasteiger charge is 2.42. The Morgan fingerprint density at radius 3 is 2.62 bits per heavy atom.